The van der Waals surface area contributed by atoms with Gasteiger partial charge in [0, 0.05) is 13.0 Å². The quantitative estimate of drug-likeness (QED) is 0.197. The molecule has 0 aliphatic carbocycles. The highest BCUT2D eigenvalue weighted by atomic mass is 16.5. The minimum atomic E-state index is -0.550. The Morgan fingerprint density at radius 2 is 1.60 bits per heavy atom. The summed E-state index contributed by atoms with van der Waals surface area (Å²) in [6.07, 6.45) is 7.27. The number of nitrogens with one attached hydrogen (secondary N) is 4. The summed E-state index contributed by atoms with van der Waals surface area (Å²) >= 11 is 0. The Kier molecular flexibility index (Phi) is 18.3. The van der Waals surface area contributed by atoms with Gasteiger partial charge in [0.1, 0.15) is 0 Å². The van der Waals surface area contributed by atoms with E-state index in [1.807, 2.05) is 14.0 Å². The molecule has 0 rings (SSSR count). The fourth-order valence-corrected chi connectivity index (χ4v) is 2.19. The zero-order chi connectivity index (χ0) is 18.6. The van der Waals surface area contributed by atoms with E-state index < -0.39 is 12.2 Å². The lowest BCUT2D eigenvalue weighted by atomic mass is 10.2. The van der Waals surface area contributed by atoms with Gasteiger partial charge in [-0.1, -0.05) is 12.2 Å². The van der Waals surface area contributed by atoms with Gasteiger partial charge in [-0.25, -0.2) is 4.79 Å². The molecule has 0 spiro atoms. The second-order valence-corrected chi connectivity index (χ2v) is 5.96. The van der Waals surface area contributed by atoms with Crippen molar-refractivity contribution in [3.05, 3.63) is 12.2 Å². The van der Waals surface area contributed by atoms with Crippen molar-refractivity contribution in [2.45, 2.75) is 45.1 Å². The molecule has 0 aliphatic rings. The second-order valence-electron chi connectivity index (χ2n) is 5.96. The zero-order valence-electron chi connectivity index (χ0n) is 16.0. The molecule has 5 N–H and O–H groups in total. The molecule has 7 nitrogen and oxygen atoms in total. The van der Waals surface area contributed by atoms with Gasteiger partial charge in [-0.05, 0) is 72.4 Å². The van der Waals surface area contributed by atoms with Gasteiger partial charge in [-0.15, -0.1) is 0 Å². The predicted octanol–water partition coefficient (Wildman–Crippen LogP) is 0.999. The average molecular weight is 359 g/mol. The molecule has 25 heavy (non-hydrogen) atoms. The van der Waals surface area contributed by atoms with Crippen LogP contribution in [0.15, 0.2) is 12.2 Å². The summed E-state index contributed by atoms with van der Waals surface area (Å²) in [4.78, 5) is 11.4. The van der Waals surface area contributed by atoms with Crippen molar-refractivity contribution in [1.82, 2.24) is 21.3 Å². The molecular weight excluding hydrogens is 320 g/mol. The molecule has 0 aromatic carbocycles. The van der Waals surface area contributed by atoms with Crippen molar-refractivity contribution in [2.24, 2.45) is 0 Å². The molecule has 1 atom stereocenters. The molecule has 1 amide bonds. The van der Waals surface area contributed by atoms with Crippen LogP contribution in [0.4, 0.5) is 4.79 Å². The van der Waals surface area contributed by atoms with Crippen LogP contribution in [0.1, 0.15) is 39.0 Å². The maximum Gasteiger partial charge on any atom is 0.407 e. The van der Waals surface area contributed by atoms with E-state index >= 15 is 0 Å². The van der Waals surface area contributed by atoms with Crippen molar-refractivity contribution in [2.75, 3.05) is 52.9 Å². The number of allylic oxidation sites excluding steroid dienone is 1. The van der Waals surface area contributed by atoms with Crippen LogP contribution in [0.25, 0.3) is 0 Å². The lowest BCUT2D eigenvalue weighted by Crippen LogP contribution is -2.29. The first-order valence-electron chi connectivity index (χ1n) is 9.48. The number of hydrogen-bond acceptors (Lipinski definition) is 6. The number of carbonyl (C=O) groups excluding carboxylic acids is 1. The summed E-state index contributed by atoms with van der Waals surface area (Å²) < 4.78 is 4.99. The van der Waals surface area contributed by atoms with E-state index in [9.17, 15) is 9.90 Å². The minimum Gasteiger partial charge on any atom is -0.449 e. The molecule has 0 aliphatic heterocycles. The van der Waals surface area contributed by atoms with Gasteiger partial charge >= 0.3 is 6.09 Å². The van der Waals surface area contributed by atoms with Gasteiger partial charge in [-0.2, -0.15) is 0 Å². The Balaban J connectivity index is 3.21. The minimum absolute atomic E-state index is 0.221. The van der Waals surface area contributed by atoms with Crippen molar-refractivity contribution in [1.29, 1.82) is 0 Å². The number of rotatable bonds is 17. The van der Waals surface area contributed by atoms with Crippen LogP contribution in [0.5, 0.6) is 0 Å². The average Bonchev–Trinajstić information content (AvgIpc) is 2.59. The summed E-state index contributed by atoms with van der Waals surface area (Å²) in [5.41, 5.74) is 0. The lowest BCUT2D eigenvalue weighted by molar-refractivity contribution is 0.122. The van der Waals surface area contributed by atoms with Crippen LogP contribution >= 0.6 is 0 Å². The Bertz CT molecular complexity index is 327. The molecule has 0 aromatic heterocycles. The molecule has 7 heteroatoms. The van der Waals surface area contributed by atoms with E-state index in [0.29, 0.717) is 13.0 Å². The SMILES string of the molecule is C/C=C/C(O)CCOC(=O)NCCCNCCCCNCCCNC. The van der Waals surface area contributed by atoms with Gasteiger partial charge in [0.15, 0.2) is 0 Å². The van der Waals surface area contributed by atoms with E-state index in [2.05, 4.69) is 21.3 Å². The van der Waals surface area contributed by atoms with Gasteiger partial charge in [-0.3, -0.25) is 0 Å². The fourth-order valence-electron chi connectivity index (χ4n) is 2.19. The van der Waals surface area contributed by atoms with Crippen molar-refractivity contribution >= 4 is 6.09 Å². The predicted molar refractivity (Wildman–Crippen MR) is 103 cm³/mol. The highest BCUT2D eigenvalue weighted by molar-refractivity contribution is 5.66. The van der Waals surface area contributed by atoms with Crippen molar-refractivity contribution in [3.63, 3.8) is 0 Å². The summed E-state index contributed by atoms with van der Waals surface area (Å²) in [5, 5.41) is 22.1. The third kappa shape index (κ3) is 19.0. The molecule has 1 unspecified atom stereocenters. The maximum atomic E-state index is 11.4. The topological polar surface area (TPSA) is 94.7 Å². The second kappa shape index (κ2) is 19.2. The van der Waals surface area contributed by atoms with Gasteiger partial charge in [0.25, 0.3) is 0 Å². The first-order valence-corrected chi connectivity index (χ1v) is 9.48. The molecule has 0 heterocycles. The summed E-state index contributed by atoms with van der Waals surface area (Å²) in [6, 6.07) is 0. The van der Waals surface area contributed by atoms with E-state index in [1.165, 1.54) is 12.8 Å². The molecule has 0 bridgehead atoms. The molecular formula is C18H38N4O3. The lowest BCUT2D eigenvalue weighted by Gasteiger charge is -2.09. The zero-order valence-corrected chi connectivity index (χ0v) is 16.0. The number of amides is 1. The molecule has 148 valence electrons. The Morgan fingerprint density at radius 3 is 2.20 bits per heavy atom. The maximum absolute atomic E-state index is 11.4. The monoisotopic (exact) mass is 358 g/mol. The number of hydrogen-bond donors (Lipinski definition) is 5. The first kappa shape index (κ1) is 23.9. The van der Waals surface area contributed by atoms with Crippen LogP contribution in [0, 0.1) is 0 Å². The third-order valence-electron chi connectivity index (χ3n) is 3.60. The summed E-state index contributed by atoms with van der Waals surface area (Å²) in [5.74, 6) is 0. The van der Waals surface area contributed by atoms with E-state index in [1.54, 1.807) is 12.2 Å². The molecule has 0 aromatic rings. The van der Waals surface area contributed by atoms with Crippen molar-refractivity contribution in [3.8, 4) is 0 Å². The summed E-state index contributed by atoms with van der Waals surface area (Å²) in [7, 11) is 1.97. The highest BCUT2D eigenvalue weighted by Gasteiger charge is 2.03. The number of ether oxygens (including phenoxy) is 1. The molecule has 0 saturated heterocycles. The normalized spacial score (nSPS) is 12.4. The Hall–Kier alpha value is -1.15. The first-order chi connectivity index (χ1) is 12.2. The Labute approximate surface area is 153 Å². The number of aliphatic hydroxyl groups excluding tert-OH is 1. The smallest absolute Gasteiger partial charge is 0.407 e. The molecule has 0 fully saturated rings. The Morgan fingerprint density at radius 1 is 1.00 bits per heavy atom. The highest BCUT2D eigenvalue weighted by Crippen LogP contribution is 1.94. The van der Waals surface area contributed by atoms with E-state index in [-0.39, 0.29) is 6.61 Å². The van der Waals surface area contributed by atoms with E-state index in [4.69, 9.17) is 4.74 Å². The molecule has 0 saturated carbocycles. The number of unbranched alkanes of at least 4 members (excludes halogenated alkanes) is 1. The van der Waals surface area contributed by atoms with Crippen LogP contribution in [-0.2, 0) is 4.74 Å². The van der Waals surface area contributed by atoms with Crippen LogP contribution in [0.2, 0.25) is 0 Å². The van der Waals surface area contributed by atoms with Gasteiger partial charge in [0.05, 0.1) is 12.7 Å². The van der Waals surface area contributed by atoms with Gasteiger partial charge < -0.3 is 31.1 Å². The number of aliphatic hydroxyl groups is 1. The van der Waals surface area contributed by atoms with Crippen molar-refractivity contribution < 1.29 is 14.6 Å². The summed E-state index contributed by atoms with van der Waals surface area (Å²) in [6.45, 7) is 7.75. The third-order valence-corrected chi connectivity index (χ3v) is 3.60. The van der Waals surface area contributed by atoms with E-state index in [0.717, 1.165) is 45.6 Å². The fraction of sp³-hybridized carbons (Fsp3) is 0.833. The largest absolute Gasteiger partial charge is 0.449 e. The number of alkyl carbamates (subject to hydrolysis) is 1. The van der Waals surface area contributed by atoms with Crippen LogP contribution in [-0.4, -0.2) is 70.2 Å². The van der Waals surface area contributed by atoms with Crippen LogP contribution in [0.3, 0.4) is 0 Å². The number of carbonyl (C=O) groups is 1. The standard InChI is InChI=1S/C18H38N4O3/c1-3-8-17(23)9-16-25-18(24)22-15-7-14-21-12-5-4-11-20-13-6-10-19-2/h3,8,17,19-21,23H,4-7,9-16H2,1-2H3,(H,22,24)/b8-3+. The van der Waals surface area contributed by atoms with Gasteiger partial charge in [0.2, 0.25) is 0 Å². The molecule has 0 radical (unpaired) electrons. The van der Waals surface area contributed by atoms with Crippen LogP contribution < -0.4 is 21.3 Å².